The maximum Gasteiger partial charge on any atom is 0.193 e. The van der Waals surface area contributed by atoms with Gasteiger partial charge in [-0.2, -0.15) is 0 Å². The van der Waals surface area contributed by atoms with Crippen molar-refractivity contribution in [2.45, 2.75) is 39.5 Å². The molecule has 0 bridgehead atoms. The Hall–Kier alpha value is -0.980. The Morgan fingerprint density at radius 1 is 1.33 bits per heavy atom. The molecule has 0 saturated carbocycles. The van der Waals surface area contributed by atoms with Gasteiger partial charge in [-0.3, -0.25) is 4.99 Å². The molecular weight excluding hydrogens is 377 g/mol. The molecule has 21 heavy (non-hydrogen) atoms. The Morgan fingerprint density at radius 3 is 2.67 bits per heavy atom. The molecule has 0 spiro atoms. The van der Waals surface area contributed by atoms with Gasteiger partial charge in [0.05, 0.1) is 12.8 Å². The van der Waals surface area contributed by atoms with Crippen LogP contribution < -0.4 is 15.8 Å². The zero-order valence-electron chi connectivity index (χ0n) is 13.3. The number of rotatable bonds is 8. The van der Waals surface area contributed by atoms with E-state index >= 15 is 0 Å². The van der Waals surface area contributed by atoms with Crippen LogP contribution in [-0.2, 0) is 0 Å². The predicted molar refractivity (Wildman–Crippen MR) is 102 cm³/mol. The first-order valence-corrected chi connectivity index (χ1v) is 7.41. The molecule has 0 saturated heterocycles. The second-order valence-corrected chi connectivity index (χ2v) is 4.97. The van der Waals surface area contributed by atoms with E-state index in [9.17, 15) is 0 Å². The van der Waals surface area contributed by atoms with E-state index in [0.29, 0.717) is 11.9 Å². The SMILES string of the molecule is CCCCC(CC)CN=C(N)Nc1ccccc1OC.I. The van der Waals surface area contributed by atoms with Gasteiger partial charge in [0.1, 0.15) is 5.75 Å². The van der Waals surface area contributed by atoms with Crippen LogP contribution in [-0.4, -0.2) is 19.6 Å². The van der Waals surface area contributed by atoms with Gasteiger partial charge in [-0.25, -0.2) is 0 Å². The number of nitrogens with zero attached hydrogens (tertiary/aromatic N) is 1. The van der Waals surface area contributed by atoms with Crippen molar-refractivity contribution in [3.8, 4) is 5.75 Å². The number of nitrogens with one attached hydrogen (secondary N) is 1. The maximum atomic E-state index is 5.94. The van der Waals surface area contributed by atoms with Crippen LogP contribution in [0.25, 0.3) is 0 Å². The average Bonchev–Trinajstić information content (AvgIpc) is 2.48. The number of benzene rings is 1. The van der Waals surface area contributed by atoms with Crippen LogP contribution in [0, 0.1) is 5.92 Å². The van der Waals surface area contributed by atoms with Crippen molar-refractivity contribution in [2.75, 3.05) is 19.0 Å². The fourth-order valence-corrected chi connectivity index (χ4v) is 2.07. The van der Waals surface area contributed by atoms with E-state index in [1.54, 1.807) is 7.11 Å². The summed E-state index contributed by atoms with van der Waals surface area (Å²) in [5, 5.41) is 3.10. The normalized spacial score (nSPS) is 12.4. The Kier molecular flexibility index (Phi) is 11.1. The molecule has 1 aromatic rings. The van der Waals surface area contributed by atoms with Gasteiger partial charge < -0.3 is 15.8 Å². The summed E-state index contributed by atoms with van der Waals surface area (Å²) in [5.41, 5.74) is 6.79. The van der Waals surface area contributed by atoms with Crippen LogP contribution in [0.5, 0.6) is 5.75 Å². The first kappa shape index (κ1) is 20.0. The highest BCUT2D eigenvalue weighted by Crippen LogP contribution is 2.22. The molecule has 0 heterocycles. The van der Waals surface area contributed by atoms with E-state index in [4.69, 9.17) is 10.5 Å². The van der Waals surface area contributed by atoms with E-state index in [-0.39, 0.29) is 24.0 Å². The molecule has 0 radical (unpaired) electrons. The highest BCUT2D eigenvalue weighted by atomic mass is 127. The number of nitrogens with two attached hydrogens (primary N) is 1. The third kappa shape index (κ3) is 7.55. The number of unbranched alkanes of at least 4 members (excludes halogenated alkanes) is 1. The first-order valence-electron chi connectivity index (χ1n) is 7.41. The van der Waals surface area contributed by atoms with Gasteiger partial charge in [-0.1, -0.05) is 45.2 Å². The highest BCUT2D eigenvalue weighted by molar-refractivity contribution is 14.0. The molecule has 1 unspecified atom stereocenters. The molecule has 1 atom stereocenters. The van der Waals surface area contributed by atoms with Crippen molar-refractivity contribution in [3.63, 3.8) is 0 Å². The molecule has 0 amide bonds. The summed E-state index contributed by atoms with van der Waals surface area (Å²) in [4.78, 5) is 4.45. The van der Waals surface area contributed by atoms with Gasteiger partial charge in [-0.05, 0) is 24.5 Å². The molecule has 1 rings (SSSR count). The van der Waals surface area contributed by atoms with Crippen LogP contribution in [0.1, 0.15) is 39.5 Å². The molecule has 4 nitrogen and oxygen atoms in total. The van der Waals surface area contributed by atoms with Crippen molar-refractivity contribution in [1.82, 2.24) is 0 Å². The minimum atomic E-state index is 0. The third-order valence-electron chi connectivity index (χ3n) is 3.43. The minimum absolute atomic E-state index is 0. The Labute approximate surface area is 145 Å². The molecule has 0 aliphatic carbocycles. The zero-order chi connectivity index (χ0) is 14.8. The number of halogens is 1. The van der Waals surface area contributed by atoms with Gasteiger partial charge in [0.25, 0.3) is 0 Å². The minimum Gasteiger partial charge on any atom is -0.495 e. The lowest BCUT2D eigenvalue weighted by molar-refractivity contribution is 0.417. The van der Waals surface area contributed by atoms with Crippen molar-refractivity contribution in [1.29, 1.82) is 0 Å². The fraction of sp³-hybridized carbons (Fsp3) is 0.562. The molecule has 1 aromatic carbocycles. The van der Waals surface area contributed by atoms with Crippen molar-refractivity contribution < 1.29 is 4.74 Å². The lowest BCUT2D eigenvalue weighted by Crippen LogP contribution is -2.24. The smallest absolute Gasteiger partial charge is 0.193 e. The van der Waals surface area contributed by atoms with Crippen molar-refractivity contribution in [3.05, 3.63) is 24.3 Å². The van der Waals surface area contributed by atoms with Crippen LogP contribution >= 0.6 is 24.0 Å². The number of para-hydroxylation sites is 2. The van der Waals surface area contributed by atoms with Gasteiger partial charge >= 0.3 is 0 Å². The summed E-state index contributed by atoms with van der Waals surface area (Å²) in [6, 6.07) is 7.69. The molecule has 5 heteroatoms. The number of hydrogen-bond donors (Lipinski definition) is 2. The second kappa shape index (κ2) is 11.7. The monoisotopic (exact) mass is 405 g/mol. The maximum absolute atomic E-state index is 5.94. The molecule has 0 aliphatic heterocycles. The number of guanidine groups is 1. The van der Waals surface area contributed by atoms with E-state index in [2.05, 4.69) is 24.2 Å². The van der Waals surface area contributed by atoms with Gasteiger partial charge in [-0.15, -0.1) is 24.0 Å². The molecule has 120 valence electrons. The summed E-state index contributed by atoms with van der Waals surface area (Å²) in [6.45, 7) is 5.21. The van der Waals surface area contributed by atoms with E-state index in [1.807, 2.05) is 24.3 Å². The van der Waals surface area contributed by atoms with Crippen LogP contribution in [0.15, 0.2) is 29.3 Å². The summed E-state index contributed by atoms with van der Waals surface area (Å²) in [7, 11) is 1.64. The third-order valence-corrected chi connectivity index (χ3v) is 3.43. The fourth-order valence-electron chi connectivity index (χ4n) is 2.07. The predicted octanol–water partition coefficient (Wildman–Crippen LogP) is 4.26. The van der Waals surface area contributed by atoms with E-state index < -0.39 is 0 Å². The topological polar surface area (TPSA) is 59.6 Å². The summed E-state index contributed by atoms with van der Waals surface area (Å²) < 4.78 is 5.27. The number of anilines is 1. The molecular formula is C16H28IN3O. The number of methoxy groups -OCH3 is 1. The number of hydrogen-bond acceptors (Lipinski definition) is 2. The summed E-state index contributed by atoms with van der Waals surface area (Å²) in [5.74, 6) is 1.83. The number of ether oxygens (including phenoxy) is 1. The zero-order valence-corrected chi connectivity index (χ0v) is 15.6. The summed E-state index contributed by atoms with van der Waals surface area (Å²) >= 11 is 0. The van der Waals surface area contributed by atoms with Crippen LogP contribution in [0.2, 0.25) is 0 Å². The average molecular weight is 405 g/mol. The Bertz CT molecular complexity index is 424. The Balaban J connectivity index is 0.00000400. The van der Waals surface area contributed by atoms with Crippen LogP contribution in [0.3, 0.4) is 0 Å². The first-order chi connectivity index (χ1) is 9.71. The highest BCUT2D eigenvalue weighted by Gasteiger charge is 2.06. The van der Waals surface area contributed by atoms with Gasteiger partial charge in [0, 0.05) is 6.54 Å². The van der Waals surface area contributed by atoms with E-state index in [0.717, 1.165) is 24.4 Å². The molecule has 0 fully saturated rings. The largest absolute Gasteiger partial charge is 0.495 e. The lowest BCUT2D eigenvalue weighted by Gasteiger charge is -2.13. The van der Waals surface area contributed by atoms with Crippen LogP contribution in [0.4, 0.5) is 5.69 Å². The van der Waals surface area contributed by atoms with E-state index in [1.165, 1.54) is 19.3 Å². The van der Waals surface area contributed by atoms with Gasteiger partial charge in [0.15, 0.2) is 5.96 Å². The van der Waals surface area contributed by atoms with Crippen molar-refractivity contribution in [2.24, 2.45) is 16.6 Å². The molecule has 0 aromatic heterocycles. The standard InChI is InChI=1S/C16H27N3O.HI/c1-4-6-9-13(5-2)12-18-16(17)19-14-10-7-8-11-15(14)20-3;/h7-8,10-11,13H,4-6,9,12H2,1-3H3,(H3,17,18,19);1H. The molecule has 3 N–H and O–H groups in total. The van der Waals surface area contributed by atoms with Gasteiger partial charge in [0.2, 0.25) is 0 Å². The lowest BCUT2D eigenvalue weighted by atomic mass is 10.00. The summed E-state index contributed by atoms with van der Waals surface area (Å²) in [6.07, 6.45) is 4.85. The quantitative estimate of drug-likeness (QED) is 0.386. The second-order valence-electron chi connectivity index (χ2n) is 4.97. The Morgan fingerprint density at radius 2 is 2.05 bits per heavy atom. The molecule has 0 aliphatic rings. The van der Waals surface area contributed by atoms with Crippen molar-refractivity contribution >= 4 is 35.6 Å². The number of aliphatic imine (C=N–C) groups is 1.